The number of allylic oxidation sites excluding steroid dienone is 2. The summed E-state index contributed by atoms with van der Waals surface area (Å²) in [4.78, 5) is 35.3. The van der Waals surface area contributed by atoms with Crippen LogP contribution in [0.15, 0.2) is 58.6 Å². The number of carbonyl (C=O) groups excluding carboxylic acids is 1. The molecule has 4 heterocycles. The first-order valence-corrected chi connectivity index (χ1v) is 11.7. The highest BCUT2D eigenvalue weighted by atomic mass is 32.2. The zero-order valence-corrected chi connectivity index (χ0v) is 19.5. The van der Waals surface area contributed by atoms with E-state index in [1.807, 2.05) is 86.2 Å². The van der Waals surface area contributed by atoms with Gasteiger partial charge in [0.25, 0.3) is 16.6 Å². The molecule has 2 aliphatic rings. The highest BCUT2D eigenvalue weighted by Crippen LogP contribution is 2.32. The van der Waals surface area contributed by atoms with Gasteiger partial charge in [-0.2, -0.15) is 0 Å². The second kappa shape index (κ2) is 8.68. The molecule has 0 saturated carbocycles. The largest absolute Gasteiger partial charge is 0.350 e. The summed E-state index contributed by atoms with van der Waals surface area (Å²) in [5.41, 5.74) is 0.757. The number of pyridine rings is 1. The SMILES string of the molecule is CCN1C(=O)/C(=c2/s/c(=C3/C=CC=CN3C)c(=O)n2CC)S/C1=N\c1cccc[n+]1C. The highest BCUT2D eigenvalue weighted by Gasteiger charge is 2.38. The molecule has 0 unspecified atom stereocenters. The molecule has 0 aromatic carbocycles. The first-order chi connectivity index (χ1) is 15.0. The minimum Gasteiger partial charge on any atom is -0.350 e. The van der Waals surface area contributed by atoms with Crippen molar-refractivity contribution in [2.24, 2.45) is 12.0 Å². The third-order valence-electron chi connectivity index (χ3n) is 5.10. The summed E-state index contributed by atoms with van der Waals surface area (Å²) < 4.78 is 4.91. The number of aryl methyl sites for hydroxylation is 1. The van der Waals surface area contributed by atoms with Gasteiger partial charge in [0, 0.05) is 32.4 Å². The molecule has 0 aliphatic carbocycles. The molecule has 1 amide bonds. The first kappa shape index (κ1) is 21.3. The minimum absolute atomic E-state index is 0.0758. The Morgan fingerprint density at radius 1 is 1.13 bits per heavy atom. The third kappa shape index (κ3) is 3.79. The van der Waals surface area contributed by atoms with E-state index in [1.165, 1.54) is 23.1 Å². The topological polar surface area (TPSA) is 61.8 Å². The summed E-state index contributed by atoms with van der Waals surface area (Å²) in [6.45, 7) is 4.85. The molecule has 0 radical (unpaired) electrons. The van der Waals surface area contributed by atoms with Gasteiger partial charge in [-0.25, -0.2) is 4.57 Å². The van der Waals surface area contributed by atoms with Crippen molar-refractivity contribution in [3.05, 3.63) is 68.4 Å². The molecule has 0 atom stereocenters. The Balaban J connectivity index is 1.93. The summed E-state index contributed by atoms with van der Waals surface area (Å²) in [6.07, 6.45) is 9.59. The van der Waals surface area contributed by atoms with Gasteiger partial charge in [0.05, 0.1) is 18.9 Å². The number of aliphatic imine (C=N–C) groups is 1. The van der Waals surface area contributed by atoms with Crippen LogP contribution in [0.3, 0.4) is 0 Å². The van der Waals surface area contributed by atoms with Gasteiger partial charge in [-0.05, 0) is 48.8 Å². The number of hydrogen-bond acceptors (Lipinski definition) is 6. The molecule has 2 aromatic rings. The van der Waals surface area contributed by atoms with Crippen LogP contribution in [0.1, 0.15) is 13.8 Å². The lowest BCUT2D eigenvalue weighted by molar-refractivity contribution is -0.658. The van der Waals surface area contributed by atoms with E-state index in [0.717, 1.165) is 11.5 Å². The van der Waals surface area contributed by atoms with Crippen LogP contribution in [0.5, 0.6) is 0 Å². The Hall–Kier alpha value is -2.91. The van der Waals surface area contributed by atoms with Gasteiger partial charge >= 0.3 is 5.82 Å². The van der Waals surface area contributed by atoms with Gasteiger partial charge in [-0.1, -0.05) is 12.1 Å². The van der Waals surface area contributed by atoms with Crippen molar-refractivity contribution in [2.45, 2.75) is 20.4 Å². The van der Waals surface area contributed by atoms with Crippen LogP contribution in [0, 0.1) is 0 Å². The number of thiazole rings is 1. The van der Waals surface area contributed by atoms with Gasteiger partial charge in [0.15, 0.2) is 0 Å². The van der Waals surface area contributed by atoms with Crippen LogP contribution in [0.25, 0.3) is 10.6 Å². The van der Waals surface area contributed by atoms with Crippen molar-refractivity contribution in [1.82, 2.24) is 14.4 Å². The Bertz CT molecular complexity index is 1320. The van der Waals surface area contributed by atoms with Crippen molar-refractivity contribution in [3.8, 4) is 0 Å². The molecule has 7 nitrogen and oxygen atoms in total. The summed E-state index contributed by atoms with van der Waals surface area (Å²) in [5, 5.41) is 0.625. The van der Waals surface area contributed by atoms with E-state index < -0.39 is 0 Å². The van der Waals surface area contributed by atoms with Crippen molar-refractivity contribution < 1.29 is 9.36 Å². The molecule has 31 heavy (non-hydrogen) atoms. The molecule has 4 rings (SSSR count). The van der Waals surface area contributed by atoms with Gasteiger partial charge in [-0.3, -0.25) is 19.1 Å². The third-order valence-corrected chi connectivity index (χ3v) is 7.50. The number of nitrogens with zero attached hydrogens (tertiary/aromatic N) is 5. The number of amides is 1. The van der Waals surface area contributed by atoms with Crippen molar-refractivity contribution >= 4 is 50.6 Å². The van der Waals surface area contributed by atoms with Crippen molar-refractivity contribution in [3.63, 3.8) is 0 Å². The summed E-state index contributed by atoms with van der Waals surface area (Å²) in [6, 6.07) is 5.76. The number of aromatic nitrogens is 2. The maximum atomic E-state index is 13.3. The average molecular weight is 455 g/mol. The second-order valence-electron chi connectivity index (χ2n) is 7.03. The average Bonchev–Trinajstić information content (AvgIpc) is 3.25. The Kier molecular flexibility index (Phi) is 5.97. The Labute approximate surface area is 188 Å². The second-order valence-corrected chi connectivity index (χ2v) is 9.00. The van der Waals surface area contributed by atoms with Crippen LogP contribution >= 0.6 is 23.1 Å². The fourth-order valence-corrected chi connectivity index (χ4v) is 5.91. The quantitative estimate of drug-likeness (QED) is 0.656. The standard InChI is InChI=1S/C22H24N5O2S2/c1-5-26-19(28)17(15-11-7-9-13-24(15)3)30-21(26)18-20(29)27(6-2)22(31-18)23-16-12-8-10-14-25(16)4/h7-14H,5-6H2,1-4H3/q+1/b17-15-,21-18-. The molecule has 2 aromatic heterocycles. The van der Waals surface area contributed by atoms with E-state index in [1.54, 1.807) is 9.47 Å². The van der Waals surface area contributed by atoms with Gasteiger partial charge < -0.3 is 4.90 Å². The molecule has 9 heteroatoms. The van der Waals surface area contributed by atoms with E-state index in [4.69, 9.17) is 4.99 Å². The van der Waals surface area contributed by atoms with Crippen LogP contribution < -0.4 is 19.3 Å². The van der Waals surface area contributed by atoms with Crippen molar-refractivity contribution in [2.75, 3.05) is 13.6 Å². The number of thioether (sulfide) groups is 1. The van der Waals surface area contributed by atoms with E-state index in [-0.39, 0.29) is 11.5 Å². The van der Waals surface area contributed by atoms with Gasteiger partial charge in [-0.15, -0.1) is 11.3 Å². The molecule has 160 valence electrons. The maximum Gasteiger partial charge on any atom is 0.326 e. The van der Waals surface area contributed by atoms with Crippen LogP contribution in [0.2, 0.25) is 0 Å². The molecule has 1 fully saturated rings. The number of rotatable bonds is 3. The maximum absolute atomic E-state index is 13.3. The fraction of sp³-hybridized carbons (Fsp3) is 0.273. The first-order valence-electron chi connectivity index (χ1n) is 10.0. The molecule has 0 bridgehead atoms. The predicted molar refractivity (Wildman–Crippen MR) is 126 cm³/mol. The highest BCUT2D eigenvalue weighted by molar-refractivity contribution is 8.23. The Morgan fingerprint density at radius 2 is 1.94 bits per heavy atom. The summed E-state index contributed by atoms with van der Waals surface area (Å²) in [7, 11) is 3.83. The molecule has 0 spiro atoms. The predicted octanol–water partition coefficient (Wildman–Crippen LogP) is 1.27. The van der Waals surface area contributed by atoms with Gasteiger partial charge in [0.1, 0.15) is 14.1 Å². The number of carbonyl (C=O) groups is 1. The summed E-state index contributed by atoms with van der Waals surface area (Å²) >= 11 is 2.70. The lowest BCUT2D eigenvalue weighted by Crippen LogP contribution is -2.35. The smallest absolute Gasteiger partial charge is 0.326 e. The van der Waals surface area contributed by atoms with E-state index in [0.29, 0.717) is 32.4 Å². The minimum atomic E-state index is -0.114. The fourth-order valence-electron chi connectivity index (χ4n) is 3.41. The lowest BCUT2D eigenvalue weighted by Gasteiger charge is -2.16. The summed E-state index contributed by atoms with van der Waals surface area (Å²) in [5.74, 6) is 0.644. The molecule has 1 saturated heterocycles. The normalized spacial score (nSPS) is 21.0. The van der Waals surface area contributed by atoms with Crippen molar-refractivity contribution in [1.29, 1.82) is 0 Å². The van der Waals surface area contributed by atoms with E-state index in [9.17, 15) is 9.59 Å². The zero-order chi connectivity index (χ0) is 22.1. The van der Waals surface area contributed by atoms with Crippen LogP contribution in [-0.4, -0.2) is 39.0 Å². The van der Waals surface area contributed by atoms with E-state index in [2.05, 4.69) is 0 Å². The van der Waals surface area contributed by atoms with Crippen LogP contribution in [0.4, 0.5) is 5.82 Å². The van der Waals surface area contributed by atoms with Crippen LogP contribution in [-0.2, 0) is 18.4 Å². The van der Waals surface area contributed by atoms with Gasteiger partial charge in [0.2, 0.25) is 0 Å². The van der Waals surface area contributed by atoms with E-state index >= 15 is 0 Å². The monoisotopic (exact) mass is 454 g/mol. The lowest BCUT2D eigenvalue weighted by atomic mass is 10.3. The zero-order valence-electron chi connectivity index (χ0n) is 17.9. The Morgan fingerprint density at radius 3 is 2.61 bits per heavy atom. The number of likely N-dealkylation sites (N-methyl/N-ethyl adjacent to an activating group) is 1. The molecular weight excluding hydrogens is 430 g/mol. The molecule has 0 N–H and O–H groups in total. The number of hydrogen-bond donors (Lipinski definition) is 0. The molecular formula is C22H24N5O2S2+. The number of amidine groups is 1. The molecule has 2 aliphatic heterocycles.